The van der Waals surface area contributed by atoms with Gasteiger partial charge in [-0.05, 0) is 60.6 Å². The predicted molar refractivity (Wildman–Crippen MR) is 162 cm³/mol. The number of halogens is 2. The number of carbonyl (C=O) groups is 1. The zero-order valence-corrected chi connectivity index (χ0v) is 23.2. The number of allylic oxidation sites excluding steroid dienone is 3. The fourth-order valence-corrected chi connectivity index (χ4v) is 5.07. The number of carbonyl (C=O) groups excluding carboxylic acids is 1. The number of hydrogen-bond donors (Lipinski definition) is 1. The van der Waals surface area contributed by atoms with Crippen molar-refractivity contribution in [3.05, 3.63) is 114 Å². The van der Waals surface area contributed by atoms with Crippen LogP contribution in [0.15, 0.2) is 103 Å². The minimum Gasteiger partial charge on any atom is -0.369 e. The number of rotatable bonds is 11. The maximum absolute atomic E-state index is 12.4. The maximum atomic E-state index is 12.4. The Bertz CT molecular complexity index is 1270. The van der Waals surface area contributed by atoms with E-state index < -0.39 is 0 Å². The molecule has 0 fully saturated rings. The second kappa shape index (κ2) is 14.0. The van der Waals surface area contributed by atoms with Gasteiger partial charge in [0.25, 0.3) is 0 Å². The summed E-state index contributed by atoms with van der Waals surface area (Å²) in [6, 6.07) is 18.3. The first-order valence-electron chi connectivity index (χ1n) is 13.0. The normalized spacial score (nSPS) is 18.7. The molecular formula is C32H34Cl2N3O+. The molecule has 2 aromatic rings. The van der Waals surface area contributed by atoms with Crippen LogP contribution in [0.1, 0.15) is 18.1 Å². The summed E-state index contributed by atoms with van der Waals surface area (Å²) in [5.74, 6) is 1.03. The molecule has 1 N–H and O–H groups in total. The van der Waals surface area contributed by atoms with Crippen LogP contribution in [0.2, 0.25) is 0 Å². The van der Waals surface area contributed by atoms with E-state index in [-0.39, 0.29) is 18.0 Å². The summed E-state index contributed by atoms with van der Waals surface area (Å²) >= 11 is 11.9. The molecule has 0 saturated carbocycles. The number of amides is 1. The van der Waals surface area contributed by atoms with Crippen molar-refractivity contribution in [3.8, 4) is 0 Å². The van der Waals surface area contributed by atoms with E-state index in [4.69, 9.17) is 23.2 Å². The van der Waals surface area contributed by atoms with E-state index in [0.29, 0.717) is 11.8 Å². The summed E-state index contributed by atoms with van der Waals surface area (Å²) in [7, 11) is 0. The van der Waals surface area contributed by atoms with E-state index in [1.807, 2.05) is 42.5 Å². The molecule has 0 bridgehead atoms. The summed E-state index contributed by atoms with van der Waals surface area (Å²) in [5.41, 5.74) is 5.57. The van der Waals surface area contributed by atoms with Crippen LogP contribution in [-0.2, 0) is 4.79 Å². The molecule has 2 aliphatic rings. The second-order valence-corrected chi connectivity index (χ2v) is 9.85. The van der Waals surface area contributed by atoms with Crippen LogP contribution >= 0.6 is 23.2 Å². The van der Waals surface area contributed by atoms with E-state index in [9.17, 15) is 4.79 Å². The molecule has 0 spiro atoms. The van der Waals surface area contributed by atoms with Gasteiger partial charge in [0.2, 0.25) is 11.6 Å². The molecule has 0 radical (unpaired) electrons. The molecule has 2 unspecified atom stereocenters. The highest BCUT2D eigenvalue weighted by Crippen LogP contribution is 2.20. The lowest BCUT2D eigenvalue weighted by Gasteiger charge is -2.23. The predicted octanol–water partition coefficient (Wildman–Crippen LogP) is 6.09. The number of nitrogens with one attached hydrogen (secondary N) is 1. The highest BCUT2D eigenvalue weighted by atomic mass is 35.5. The standard InChI is InChI=1S/C32H33Cl2N3O/c1-2-37-30(16-10-26-8-14-29(15-9-26)36(22-20-33)23-21-34)17-12-27-24-28(13-18-31(27)37)35-32(38)19-11-25-6-4-3-5-7-25/h3-19,24,28,30H,2,20-23H2,1H3/p+1/b16-10+,19-11+. The van der Waals surface area contributed by atoms with Gasteiger partial charge in [0.15, 0.2) is 6.04 Å². The van der Waals surface area contributed by atoms with Crippen molar-refractivity contribution in [3.63, 3.8) is 0 Å². The summed E-state index contributed by atoms with van der Waals surface area (Å²) < 4.78 is 2.36. The molecule has 6 heteroatoms. The van der Waals surface area contributed by atoms with Crippen LogP contribution in [0.4, 0.5) is 5.69 Å². The average molecular weight is 548 g/mol. The smallest absolute Gasteiger partial charge is 0.244 e. The topological polar surface area (TPSA) is 35.4 Å². The molecule has 2 aromatic carbocycles. The molecule has 0 saturated heterocycles. The number of anilines is 1. The average Bonchev–Trinajstić information content (AvgIpc) is 2.95. The number of fused-ring (bicyclic) bond motifs is 1. The fourth-order valence-electron chi connectivity index (χ4n) is 4.66. The van der Waals surface area contributed by atoms with Crippen molar-refractivity contribution in [2.45, 2.75) is 19.0 Å². The molecular weight excluding hydrogens is 513 g/mol. The van der Waals surface area contributed by atoms with Crippen LogP contribution in [0.25, 0.3) is 12.2 Å². The van der Waals surface area contributed by atoms with E-state index in [1.165, 1.54) is 5.71 Å². The van der Waals surface area contributed by atoms with Gasteiger partial charge < -0.3 is 10.2 Å². The Hall–Kier alpha value is -3.34. The van der Waals surface area contributed by atoms with Gasteiger partial charge in [-0.1, -0.05) is 54.6 Å². The summed E-state index contributed by atoms with van der Waals surface area (Å²) in [6.07, 6.45) is 18.4. The van der Waals surface area contributed by atoms with Crippen LogP contribution in [0.3, 0.4) is 0 Å². The van der Waals surface area contributed by atoms with Crippen molar-refractivity contribution >= 4 is 52.7 Å². The van der Waals surface area contributed by atoms with Gasteiger partial charge in [-0.3, -0.25) is 4.79 Å². The largest absolute Gasteiger partial charge is 0.369 e. The summed E-state index contributed by atoms with van der Waals surface area (Å²) in [5, 5.41) is 3.05. The fraction of sp³-hybridized carbons (Fsp3) is 0.250. The summed E-state index contributed by atoms with van der Waals surface area (Å²) in [6.45, 7) is 4.59. The highest BCUT2D eigenvalue weighted by Gasteiger charge is 2.27. The Morgan fingerprint density at radius 2 is 1.66 bits per heavy atom. The third-order valence-corrected chi connectivity index (χ3v) is 6.93. The Labute approximate surface area is 236 Å². The van der Waals surface area contributed by atoms with Crippen LogP contribution in [-0.4, -0.2) is 59.7 Å². The number of alkyl halides is 2. The van der Waals surface area contributed by atoms with E-state index >= 15 is 0 Å². The van der Waals surface area contributed by atoms with Gasteiger partial charge in [0, 0.05) is 48.3 Å². The van der Waals surface area contributed by atoms with E-state index in [1.54, 1.807) is 6.08 Å². The third-order valence-electron chi connectivity index (χ3n) is 6.59. The van der Waals surface area contributed by atoms with Gasteiger partial charge in [0.05, 0.1) is 6.04 Å². The zero-order chi connectivity index (χ0) is 26.7. The Balaban J connectivity index is 1.41. The first-order valence-corrected chi connectivity index (χ1v) is 14.1. The van der Waals surface area contributed by atoms with Crippen molar-refractivity contribution in [1.82, 2.24) is 5.32 Å². The van der Waals surface area contributed by atoms with Crippen LogP contribution in [0.5, 0.6) is 0 Å². The monoisotopic (exact) mass is 546 g/mol. The minimum atomic E-state index is -0.146. The van der Waals surface area contributed by atoms with Gasteiger partial charge >= 0.3 is 0 Å². The van der Waals surface area contributed by atoms with E-state index in [2.05, 4.69) is 82.4 Å². The second-order valence-electron chi connectivity index (χ2n) is 9.10. The van der Waals surface area contributed by atoms with Crippen molar-refractivity contribution in [2.75, 3.05) is 36.3 Å². The molecule has 1 aliphatic carbocycles. The molecule has 196 valence electrons. The lowest BCUT2D eigenvalue weighted by molar-refractivity contribution is -0.539. The van der Waals surface area contributed by atoms with Crippen LogP contribution < -0.4 is 10.2 Å². The minimum absolute atomic E-state index is 0.115. The molecule has 0 aromatic heterocycles. The Morgan fingerprint density at radius 3 is 2.34 bits per heavy atom. The SMILES string of the molecule is CC[N+]1=C2C=CC(NC(=O)/C=C/c3ccccc3)C=C2C=CC1/C=C/c1ccc(N(CCCl)CCCl)cc1. The number of hydrogen-bond acceptors (Lipinski definition) is 2. The molecule has 4 nitrogen and oxygen atoms in total. The van der Waals surface area contributed by atoms with Gasteiger partial charge in [0.1, 0.15) is 6.54 Å². The highest BCUT2D eigenvalue weighted by molar-refractivity contribution is 6.18. The molecule has 2 atom stereocenters. The Morgan fingerprint density at radius 1 is 0.947 bits per heavy atom. The first kappa shape index (κ1) is 27.7. The van der Waals surface area contributed by atoms with Crippen molar-refractivity contribution in [2.24, 2.45) is 0 Å². The van der Waals surface area contributed by atoms with E-state index in [0.717, 1.165) is 42.0 Å². The maximum Gasteiger partial charge on any atom is 0.244 e. The molecule has 4 rings (SSSR count). The lowest BCUT2D eigenvalue weighted by atomic mass is 9.95. The van der Waals surface area contributed by atoms with Crippen LogP contribution in [0, 0.1) is 0 Å². The molecule has 38 heavy (non-hydrogen) atoms. The summed E-state index contributed by atoms with van der Waals surface area (Å²) in [4.78, 5) is 14.6. The quantitative estimate of drug-likeness (QED) is 0.210. The van der Waals surface area contributed by atoms with Crippen molar-refractivity contribution in [1.29, 1.82) is 0 Å². The molecule has 1 aliphatic heterocycles. The lowest BCUT2D eigenvalue weighted by Crippen LogP contribution is -2.37. The number of benzene rings is 2. The van der Waals surface area contributed by atoms with Crippen molar-refractivity contribution < 1.29 is 9.37 Å². The van der Waals surface area contributed by atoms with Gasteiger partial charge in [-0.25, -0.2) is 4.58 Å². The molecule has 1 amide bonds. The van der Waals surface area contributed by atoms with Gasteiger partial charge in [-0.2, -0.15) is 0 Å². The first-order chi connectivity index (χ1) is 18.6. The number of likely N-dealkylation sites (N-methyl/N-ethyl adjacent to an activating group) is 1. The van der Waals surface area contributed by atoms with Gasteiger partial charge in [-0.15, -0.1) is 23.2 Å². The third kappa shape index (κ3) is 7.37. The molecule has 1 heterocycles. The number of nitrogens with zero attached hydrogens (tertiary/aromatic N) is 2. The Kier molecular flexibility index (Phi) is 10.2. The zero-order valence-electron chi connectivity index (χ0n) is 21.6.